The Morgan fingerprint density at radius 2 is 1.96 bits per heavy atom. The van der Waals surface area contributed by atoms with E-state index in [2.05, 4.69) is 15.3 Å². The molecule has 0 bridgehead atoms. The van der Waals surface area contributed by atoms with Gasteiger partial charge in [-0.2, -0.15) is 0 Å². The third-order valence-electron chi connectivity index (χ3n) is 2.89. The number of carbonyl (C=O) groups is 1. The first-order valence-electron chi connectivity index (χ1n) is 6.90. The third kappa shape index (κ3) is 4.54. The second kappa shape index (κ2) is 7.73. The van der Waals surface area contributed by atoms with Crippen LogP contribution in [-0.2, 0) is 9.63 Å². The topological polar surface area (TPSA) is 103 Å². The number of nitro groups is 1. The molecule has 124 valence electrons. The van der Waals surface area contributed by atoms with Crippen LogP contribution < -0.4 is 10.1 Å². The van der Waals surface area contributed by atoms with E-state index in [1.807, 2.05) is 0 Å². The summed E-state index contributed by atoms with van der Waals surface area (Å²) in [4.78, 5) is 26.2. The van der Waals surface area contributed by atoms with Gasteiger partial charge < -0.3 is 14.9 Å². The zero-order valence-corrected chi connectivity index (χ0v) is 13.1. The smallest absolute Gasteiger partial charge is 0.312 e. The van der Waals surface area contributed by atoms with Crippen molar-refractivity contribution in [3.05, 3.63) is 58.1 Å². The van der Waals surface area contributed by atoms with Gasteiger partial charge in [-0.3, -0.25) is 14.9 Å². The number of anilines is 1. The van der Waals surface area contributed by atoms with E-state index < -0.39 is 4.92 Å². The molecule has 8 heteroatoms. The maximum atomic E-state index is 11.2. The molecule has 0 aromatic heterocycles. The molecular weight excluding hydrogens is 314 g/mol. The number of ether oxygens (including phenoxy) is 1. The van der Waals surface area contributed by atoms with Crippen molar-refractivity contribution in [2.75, 3.05) is 12.4 Å². The van der Waals surface area contributed by atoms with Gasteiger partial charge in [0, 0.05) is 24.2 Å². The molecule has 0 unspecified atom stereocenters. The molecular formula is C16H15N3O5. The number of amides is 1. The van der Waals surface area contributed by atoms with E-state index in [1.54, 1.807) is 30.3 Å². The van der Waals surface area contributed by atoms with E-state index in [0.717, 1.165) is 0 Å². The minimum atomic E-state index is -0.537. The third-order valence-corrected chi connectivity index (χ3v) is 2.89. The van der Waals surface area contributed by atoms with Crippen molar-refractivity contribution in [3.63, 3.8) is 0 Å². The minimum absolute atomic E-state index is 0.0989. The van der Waals surface area contributed by atoms with Crippen LogP contribution in [0.3, 0.4) is 0 Å². The molecule has 0 aliphatic heterocycles. The number of hydrogen-bond acceptors (Lipinski definition) is 6. The van der Waals surface area contributed by atoms with Crippen LogP contribution in [0.5, 0.6) is 11.5 Å². The van der Waals surface area contributed by atoms with Gasteiger partial charge in [0.2, 0.25) is 11.7 Å². The van der Waals surface area contributed by atoms with Crippen molar-refractivity contribution in [2.45, 2.75) is 6.92 Å². The van der Waals surface area contributed by atoms with Gasteiger partial charge in [-0.1, -0.05) is 5.16 Å². The standard InChI is InChI=1S/C16H15N3O5/c1-11(20)18-13-4-6-14(7-5-13)24-16-8-3-12(10-17-23-2)9-15(16)19(21)22/h3-10H,1-2H3,(H,18,20). The second-order valence-corrected chi connectivity index (χ2v) is 4.71. The van der Waals surface area contributed by atoms with Crippen LogP contribution in [0.15, 0.2) is 47.6 Å². The molecule has 0 saturated carbocycles. The maximum absolute atomic E-state index is 11.2. The van der Waals surface area contributed by atoms with Crippen molar-refractivity contribution >= 4 is 23.5 Å². The van der Waals surface area contributed by atoms with Gasteiger partial charge in [-0.05, 0) is 36.4 Å². The lowest BCUT2D eigenvalue weighted by atomic mass is 10.2. The second-order valence-electron chi connectivity index (χ2n) is 4.71. The van der Waals surface area contributed by atoms with Crippen LogP contribution in [0.2, 0.25) is 0 Å². The first-order valence-corrected chi connectivity index (χ1v) is 6.90. The average Bonchev–Trinajstić information content (AvgIpc) is 2.55. The Morgan fingerprint density at radius 3 is 2.54 bits per heavy atom. The Balaban J connectivity index is 2.23. The number of carbonyl (C=O) groups excluding carboxylic acids is 1. The predicted octanol–water partition coefficient (Wildman–Crippen LogP) is 3.33. The molecule has 0 fully saturated rings. The zero-order valence-electron chi connectivity index (χ0n) is 13.1. The fraction of sp³-hybridized carbons (Fsp3) is 0.125. The molecule has 1 N–H and O–H groups in total. The van der Waals surface area contributed by atoms with Gasteiger partial charge in [0.05, 0.1) is 11.1 Å². The minimum Gasteiger partial charge on any atom is -0.450 e. The summed E-state index contributed by atoms with van der Waals surface area (Å²) in [6.07, 6.45) is 1.36. The Labute approximate surface area is 137 Å². The zero-order chi connectivity index (χ0) is 17.5. The normalized spacial score (nSPS) is 10.4. The van der Waals surface area contributed by atoms with Crippen molar-refractivity contribution in [2.24, 2.45) is 5.16 Å². The highest BCUT2D eigenvalue weighted by atomic mass is 16.6. The molecule has 2 aromatic rings. The fourth-order valence-electron chi connectivity index (χ4n) is 1.89. The molecule has 1 amide bonds. The summed E-state index contributed by atoms with van der Waals surface area (Å²) in [6, 6.07) is 10.9. The molecule has 0 spiro atoms. The number of rotatable bonds is 6. The van der Waals surface area contributed by atoms with Gasteiger partial charge in [0.15, 0.2) is 0 Å². The summed E-state index contributed by atoms with van der Waals surface area (Å²) in [7, 11) is 1.38. The number of benzene rings is 2. The van der Waals surface area contributed by atoms with Crippen LogP contribution in [0.1, 0.15) is 12.5 Å². The van der Waals surface area contributed by atoms with Crippen molar-refractivity contribution in [1.29, 1.82) is 0 Å². The highest BCUT2D eigenvalue weighted by molar-refractivity contribution is 5.88. The summed E-state index contributed by atoms with van der Waals surface area (Å²) >= 11 is 0. The van der Waals surface area contributed by atoms with E-state index in [9.17, 15) is 14.9 Å². The van der Waals surface area contributed by atoms with Gasteiger partial charge in [-0.15, -0.1) is 0 Å². The molecule has 2 rings (SSSR count). The Hall–Kier alpha value is -3.42. The quantitative estimate of drug-likeness (QED) is 0.497. The van der Waals surface area contributed by atoms with Crippen LogP contribution in [-0.4, -0.2) is 24.2 Å². The van der Waals surface area contributed by atoms with E-state index in [4.69, 9.17) is 4.74 Å². The van der Waals surface area contributed by atoms with Gasteiger partial charge in [0.25, 0.3) is 0 Å². The van der Waals surface area contributed by atoms with E-state index in [1.165, 1.54) is 32.4 Å². The molecule has 0 radical (unpaired) electrons. The lowest BCUT2D eigenvalue weighted by Gasteiger charge is -2.08. The number of oxime groups is 1. The summed E-state index contributed by atoms with van der Waals surface area (Å²) in [6.45, 7) is 1.40. The van der Waals surface area contributed by atoms with Crippen LogP contribution in [0, 0.1) is 10.1 Å². The van der Waals surface area contributed by atoms with E-state index >= 15 is 0 Å². The van der Waals surface area contributed by atoms with Gasteiger partial charge in [-0.25, -0.2) is 0 Å². The molecule has 8 nitrogen and oxygen atoms in total. The van der Waals surface area contributed by atoms with E-state index in [-0.39, 0.29) is 17.3 Å². The first kappa shape index (κ1) is 16.9. The predicted molar refractivity (Wildman–Crippen MR) is 88.5 cm³/mol. The SMILES string of the molecule is CON=Cc1ccc(Oc2ccc(NC(C)=O)cc2)c([N+](=O)[O-])c1. The summed E-state index contributed by atoms with van der Waals surface area (Å²) in [5, 5.41) is 17.4. The monoisotopic (exact) mass is 329 g/mol. The molecule has 2 aromatic carbocycles. The van der Waals surface area contributed by atoms with Gasteiger partial charge in [0.1, 0.15) is 12.9 Å². The number of hydrogen-bond donors (Lipinski definition) is 1. The van der Waals surface area contributed by atoms with Crippen molar-refractivity contribution in [3.8, 4) is 11.5 Å². The number of nitrogens with one attached hydrogen (secondary N) is 1. The lowest BCUT2D eigenvalue weighted by Crippen LogP contribution is -2.05. The molecule has 24 heavy (non-hydrogen) atoms. The van der Waals surface area contributed by atoms with E-state index in [0.29, 0.717) is 17.0 Å². The maximum Gasteiger partial charge on any atom is 0.312 e. The summed E-state index contributed by atoms with van der Waals surface area (Å²) < 4.78 is 5.56. The molecule has 0 heterocycles. The van der Waals surface area contributed by atoms with Crippen molar-refractivity contribution < 1.29 is 19.3 Å². The summed E-state index contributed by atoms with van der Waals surface area (Å²) in [5.74, 6) is 0.319. The molecule has 0 aliphatic rings. The summed E-state index contributed by atoms with van der Waals surface area (Å²) in [5.41, 5.74) is 0.924. The fourth-order valence-corrected chi connectivity index (χ4v) is 1.89. The highest BCUT2D eigenvalue weighted by Crippen LogP contribution is 2.32. The Bertz CT molecular complexity index is 772. The Kier molecular flexibility index (Phi) is 5.45. The first-order chi connectivity index (χ1) is 11.5. The highest BCUT2D eigenvalue weighted by Gasteiger charge is 2.16. The van der Waals surface area contributed by atoms with Crippen LogP contribution in [0.25, 0.3) is 0 Å². The molecule has 0 saturated heterocycles. The lowest BCUT2D eigenvalue weighted by molar-refractivity contribution is -0.385. The molecule has 0 atom stereocenters. The average molecular weight is 329 g/mol. The molecule has 0 aliphatic carbocycles. The van der Waals surface area contributed by atoms with Crippen LogP contribution in [0.4, 0.5) is 11.4 Å². The van der Waals surface area contributed by atoms with Gasteiger partial charge >= 0.3 is 5.69 Å². The van der Waals surface area contributed by atoms with Crippen molar-refractivity contribution in [1.82, 2.24) is 0 Å². The Morgan fingerprint density at radius 1 is 1.25 bits per heavy atom. The van der Waals surface area contributed by atoms with Crippen LogP contribution >= 0.6 is 0 Å². The largest absolute Gasteiger partial charge is 0.450 e. The number of nitrogens with zero attached hydrogens (tertiary/aromatic N) is 2. The number of nitro benzene ring substituents is 1.